The van der Waals surface area contributed by atoms with Crippen LogP contribution in [0.1, 0.15) is 24.1 Å². The lowest BCUT2D eigenvalue weighted by Gasteiger charge is -2.25. The van der Waals surface area contributed by atoms with Crippen molar-refractivity contribution in [2.75, 3.05) is 41.1 Å². The molecule has 33 heavy (non-hydrogen) atoms. The van der Waals surface area contributed by atoms with Gasteiger partial charge in [-0.2, -0.15) is 0 Å². The molecule has 0 bridgehead atoms. The number of carbonyl (C=O) groups excluding carboxylic acids is 2. The molecular weight excluding hydrogens is 494 g/mol. The monoisotopic (exact) mass is 519 g/mol. The van der Waals surface area contributed by atoms with Gasteiger partial charge in [0, 0.05) is 19.2 Å². The van der Waals surface area contributed by atoms with E-state index in [1.54, 1.807) is 36.4 Å². The highest BCUT2D eigenvalue weighted by Crippen LogP contribution is 2.42. The van der Waals surface area contributed by atoms with Gasteiger partial charge in [0.25, 0.3) is 11.7 Å². The van der Waals surface area contributed by atoms with E-state index in [1.165, 1.54) is 26.2 Å². The molecule has 176 valence electrons. The van der Waals surface area contributed by atoms with Crippen LogP contribution < -0.4 is 14.2 Å². The van der Waals surface area contributed by atoms with E-state index in [-0.39, 0.29) is 24.5 Å². The number of aliphatic hydroxyl groups is 1. The lowest BCUT2D eigenvalue weighted by Crippen LogP contribution is -2.32. The third-order valence-corrected chi connectivity index (χ3v) is 5.92. The van der Waals surface area contributed by atoms with Crippen molar-refractivity contribution in [2.45, 2.75) is 13.0 Å². The number of amides is 1. The molecule has 8 nitrogen and oxygen atoms in total. The molecular formula is C24H26BrNO7. The maximum Gasteiger partial charge on any atom is 0.295 e. The molecule has 1 fully saturated rings. The second-order valence-corrected chi connectivity index (χ2v) is 8.03. The molecule has 0 saturated carbocycles. The van der Waals surface area contributed by atoms with Crippen molar-refractivity contribution in [3.05, 3.63) is 57.6 Å². The first kappa shape index (κ1) is 24.6. The maximum atomic E-state index is 13.1. The first-order valence-corrected chi connectivity index (χ1v) is 11.1. The summed E-state index contributed by atoms with van der Waals surface area (Å²) in [6.07, 6.45) is 0. The van der Waals surface area contributed by atoms with E-state index in [0.717, 1.165) is 0 Å². The van der Waals surface area contributed by atoms with Gasteiger partial charge >= 0.3 is 0 Å². The quantitative estimate of drug-likeness (QED) is 0.304. The number of hydrogen-bond donors (Lipinski definition) is 1. The minimum absolute atomic E-state index is 0.0132. The van der Waals surface area contributed by atoms with E-state index in [0.29, 0.717) is 39.5 Å². The predicted octanol–water partition coefficient (Wildman–Crippen LogP) is 3.93. The minimum Gasteiger partial charge on any atom is -0.507 e. The van der Waals surface area contributed by atoms with Crippen LogP contribution in [0.2, 0.25) is 0 Å². The molecule has 0 aliphatic carbocycles. The Bertz CT molecular complexity index is 1080. The summed E-state index contributed by atoms with van der Waals surface area (Å²) in [5, 5.41) is 11.2. The SMILES string of the molecule is CCOc1cc(C2/C(=C(/O)c3ccc(OC)c(Br)c3)C(=O)C(=O)N2CCOC)ccc1OC. The number of halogens is 1. The number of nitrogens with zero attached hydrogens (tertiary/aromatic N) is 1. The van der Waals surface area contributed by atoms with Crippen molar-refractivity contribution in [1.29, 1.82) is 0 Å². The molecule has 2 aromatic carbocycles. The topological polar surface area (TPSA) is 94.5 Å². The molecule has 1 N–H and O–H groups in total. The molecule has 2 aromatic rings. The van der Waals surface area contributed by atoms with Crippen LogP contribution in [0.15, 0.2) is 46.4 Å². The van der Waals surface area contributed by atoms with Gasteiger partial charge in [-0.15, -0.1) is 0 Å². The Morgan fingerprint density at radius 1 is 1.03 bits per heavy atom. The van der Waals surface area contributed by atoms with Crippen molar-refractivity contribution >= 4 is 33.4 Å². The maximum absolute atomic E-state index is 13.1. The number of carbonyl (C=O) groups is 2. The number of likely N-dealkylation sites (tertiary alicyclic amines) is 1. The zero-order valence-electron chi connectivity index (χ0n) is 18.9. The highest BCUT2D eigenvalue weighted by molar-refractivity contribution is 9.10. The molecule has 1 amide bonds. The first-order valence-electron chi connectivity index (χ1n) is 10.3. The van der Waals surface area contributed by atoms with Crippen LogP contribution in [-0.4, -0.2) is 62.8 Å². The Morgan fingerprint density at radius 3 is 2.33 bits per heavy atom. The van der Waals surface area contributed by atoms with Gasteiger partial charge in [-0.3, -0.25) is 9.59 Å². The summed E-state index contributed by atoms with van der Waals surface area (Å²) in [6, 6.07) is 9.26. The van der Waals surface area contributed by atoms with E-state index in [4.69, 9.17) is 18.9 Å². The average molecular weight is 520 g/mol. The summed E-state index contributed by atoms with van der Waals surface area (Å²) in [4.78, 5) is 27.4. The number of ketones is 1. The zero-order valence-corrected chi connectivity index (χ0v) is 20.5. The number of hydrogen-bond acceptors (Lipinski definition) is 7. The molecule has 9 heteroatoms. The Labute approximate surface area is 200 Å². The molecule has 1 saturated heterocycles. The third-order valence-electron chi connectivity index (χ3n) is 5.30. The highest BCUT2D eigenvalue weighted by atomic mass is 79.9. The molecule has 0 radical (unpaired) electrons. The standard InChI is InChI=1S/C24H26BrNO7/c1-5-33-19-13-14(6-9-18(19)32-4)21-20(23(28)24(29)26(21)10-11-30-2)22(27)15-7-8-17(31-3)16(25)12-15/h6-9,12-13,21,27H,5,10-11H2,1-4H3/b22-20-. The summed E-state index contributed by atoms with van der Waals surface area (Å²) < 4.78 is 22.0. The van der Waals surface area contributed by atoms with Crippen LogP contribution in [0.25, 0.3) is 5.76 Å². The van der Waals surface area contributed by atoms with Crippen LogP contribution >= 0.6 is 15.9 Å². The smallest absolute Gasteiger partial charge is 0.295 e. The van der Waals surface area contributed by atoms with Crippen LogP contribution in [0.3, 0.4) is 0 Å². The fourth-order valence-corrected chi connectivity index (χ4v) is 4.29. The van der Waals surface area contributed by atoms with Crippen LogP contribution in [0, 0.1) is 0 Å². The fourth-order valence-electron chi connectivity index (χ4n) is 3.75. The average Bonchev–Trinajstić information content (AvgIpc) is 3.07. The predicted molar refractivity (Wildman–Crippen MR) is 126 cm³/mol. The van der Waals surface area contributed by atoms with Gasteiger partial charge in [-0.25, -0.2) is 0 Å². The van der Waals surface area contributed by atoms with Crippen molar-refractivity contribution in [2.24, 2.45) is 0 Å². The number of benzene rings is 2. The number of ether oxygens (including phenoxy) is 4. The van der Waals surface area contributed by atoms with Crippen LogP contribution in [-0.2, 0) is 14.3 Å². The van der Waals surface area contributed by atoms with E-state index >= 15 is 0 Å². The Hall–Kier alpha value is -3.04. The molecule has 0 aromatic heterocycles. The van der Waals surface area contributed by atoms with Gasteiger partial charge in [0.1, 0.15) is 11.5 Å². The molecule has 1 aliphatic heterocycles. The molecule has 0 spiro atoms. The van der Waals surface area contributed by atoms with Gasteiger partial charge < -0.3 is 29.0 Å². The fraction of sp³-hybridized carbons (Fsp3) is 0.333. The second-order valence-electron chi connectivity index (χ2n) is 7.18. The third kappa shape index (κ3) is 4.84. The van der Waals surface area contributed by atoms with E-state index in [1.807, 2.05) is 6.92 Å². The molecule has 1 aliphatic rings. The van der Waals surface area contributed by atoms with Crippen LogP contribution in [0.5, 0.6) is 17.2 Å². The Morgan fingerprint density at radius 2 is 1.73 bits per heavy atom. The number of aliphatic hydroxyl groups excluding tert-OH is 1. The molecule has 1 atom stereocenters. The lowest BCUT2D eigenvalue weighted by atomic mass is 9.95. The summed E-state index contributed by atoms with van der Waals surface area (Å²) in [6.45, 7) is 2.65. The van der Waals surface area contributed by atoms with E-state index in [2.05, 4.69) is 15.9 Å². The highest BCUT2D eigenvalue weighted by Gasteiger charge is 2.46. The minimum atomic E-state index is -0.828. The van der Waals surface area contributed by atoms with Gasteiger partial charge in [-0.1, -0.05) is 6.07 Å². The normalized spacial score (nSPS) is 17.4. The lowest BCUT2D eigenvalue weighted by molar-refractivity contribution is -0.140. The van der Waals surface area contributed by atoms with Gasteiger partial charge in [0.15, 0.2) is 11.5 Å². The van der Waals surface area contributed by atoms with Gasteiger partial charge in [0.2, 0.25) is 0 Å². The molecule has 1 heterocycles. The van der Waals surface area contributed by atoms with Crippen molar-refractivity contribution in [3.63, 3.8) is 0 Å². The molecule has 1 unspecified atom stereocenters. The summed E-state index contributed by atoms with van der Waals surface area (Å²) in [5.41, 5.74) is 0.959. The van der Waals surface area contributed by atoms with Crippen molar-refractivity contribution < 1.29 is 33.6 Å². The van der Waals surface area contributed by atoms with Gasteiger partial charge in [-0.05, 0) is 58.7 Å². The number of rotatable bonds is 9. The van der Waals surface area contributed by atoms with Crippen LogP contribution in [0.4, 0.5) is 0 Å². The number of Topliss-reactive ketones (excluding diaryl/α,β-unsaturated/α-hetero) is 1. The zero-order chi connectivity index (χ0) is 24.1. The van der Waals surface area contributed by atoms with Gasteiger partial charge in [0.05, 0.1) is 43.5 Å². The van der Waals surface area contributed by atoms with E-state index in [9.17, 15) is 14.7 Å². The summed E-state index contributed by atoms with van der Waals surface area (Å²) in [7, 11) is 4.57. The van der Waals surface area contributed by atoms with E-state index < -0.39 is 17.7 Å². The largest absolute Gasteiger partial charge is 0.507 e. The summed E-state index contributed by atoms with van der Waals surface area (Å²) >= 11 is 3.39. The summed E-state index contributed by atoms with van der Waals surface area (Å²) in [5.74, 6) is -0.194. The second kappa shape index (κ2) is 10.7. The van der Waals surface area contributed by atoms with Crippen molar-refractivity contribution in [1.82, 2.24) is 4.90 Å². The molecule has 3 rings (SSSR count). The Balaban J connectivity index is 2.19. The number of methoxy groups -OCH3 is 3. The first-order chi connectivity index (χ1) is 15.9. The van der Waals surface area contributed by atoms with Crippen molar-refractivity contribution in [3.8, 4) is 17.2 Å². The Kier molecular flexibility index (Phi) is 7.99.